The highest BCUT2D eigenvalue weighted by Gasteiger charge is 2.21. The second-order valence-electron chi connectivity index (χ2n) is 6.79. The third kappa shape index (κ3) is 9.77. The number of rotatable bonds is 13. The summed E-state index contributed by atoms with van der Waals surface area (Å²) >= 11 is 0. The summed E-state index contributed by atoms with van der Waals surface area (Å²) in [5.41, 5.74) is 0. The predicted molar refractivity (Wildman–Crippen MR) is 88.2 cm³/mol. The third-order valence-corrected chi connectivity index (χ3v) is 4.29. The van der Waals surface area contributed by atoms with Gasteiger partial charge >= 0.3 is 0 Å². The molecule has 0 amide bonds. The maximum absolute atomic E-state index is 5.67. The minimum Gasteiger partial charge on any atom is -0.384 e. The Balaban J connectivity index is 4.04. The van der Waals surface area contributed by atoms with Crippen molar-refractivity contribution >= 4 is 0 Å². The predicted octanol–water partition coefficient (Wildman–Crippen LogP) is 5.31. The van der Waals surface area contributed by atoms with Crippen molar-refractivity contribution in [2.24, 2.45) is 17.8 Å². The molecule has 0 heterocycles. The first kappa shape index (κ1) is 19.9. The van der Waals surface area contributed by atoms with Crippen molar-refractivity contribution < 1.29 is 9.47 Å². The first-order valence-corrected chi connectivity index (χ1v) is 8.56. The Morgan fingerprint density at radius 3 is 2.05 bits per heavy atom. The lowest BCUT2D eigenvalue weighted by Gasteiger charge is -2.26. The van der Waals surface area contributed by atoms with Gasteiger partial charge in [-0.2, -0.15) is 0 Å². The van der Waals surface area contributed by atoms with E-state index in [2.05, 4.69) is 27.7 Å². The molecule has 0 spiro atoms. The van der Waals surface area contributed by atoms with Crippen LogP contribution in [-0.2, 0) is 9.47 Å². The van der Waals surface area contributed by atoms with Crippen molar-refractivity contribution in [3.8, 4) is 0 Å². The molecule has 0 saturated carbocycles. The van der Waals surface area contributed by atoms with Gasteiger partial charge in [-0.15, -0.1) is 0 Å². The molecule has 20 heavy (non-hydrogen) atoms. The molecular weight excluding hydrogens is 248 g/mol. The Bertz CT molecular complexity index is 204. The fraction of sp³-hybridized carbons (Fsp3) is 1.00. The van der Waals surface area contributed by atoms with Gasteiger partial charge in [0.1, 0.15) is 0 Å². The Hall–Kier alpha value is -0.0800. The minimum atomic E-state index is 0.364. The zero-order chi connectivity index (χ0) is 15.4. The number of ether oxygens (including phenoxy) is 2. The highest BCUT2D eigenvalue weighted by molar-refractivity contribution is 4.71. The summed E-state index contributed by atoms with van der Waals surface area (Å²) in [5.74, 6) is 2.22. The van der Waals surface area contributed by atoms with Crippen LogP contribution in [-0.4, -0.2) is 26.9 Å². The zero-order valence-electron chi connectivity index (χ0n) is 14.8. The van der Waals surface area contributed by atoms with E-state index < -0.39 is 0 Å². The highest BCUT2D eigenvalue weighted by Crippen LogP contribution is 2.24. The van der Waals surface area contributed by atoms with Crippen molar-refractivity contribution in [3.63, 3.8) is 0 Å². The molecule has 0 aromatic heterocycles. The molecule has 0 aliphatic heterocycles. The van der Waals surface area contributed by atoms with E-state index in [0.717, 1.165) is 24.9 Å². The summed E-state index contributed by atoms with van der Waals surface area (Å²) in [5, 5.41) is 0. The van der Waals surface area contributed by atoms with Crippen LogP contribution in [0.2, 0.25) is 0 Å². The van der Waals surface area contributed by atoms with Crippen LogP contribution in [0.1, 0.15) is 72.6 Å². The third-order valence-electron chi connectivity index (χ3n) is 4.29. The van der Waals surface area contributed by atoms with Gasteiger partial charge in [-0.1, -0.05) is 59.8 Å². The Morgan fingerprint density at radius 1 is 0.850 bits per heavy atom. The van der Waals surface area contributed by atoms with Crippen molar-refractivity contribution in [1.82, 2.24) is 0 Å². The maximum Gasteiger partial charge on any atom is 0.0621 e. The second-order valence-corrected chi connectivity index (χ2v) is 6.79. The van der Waals surface area contributed by atoms with Crippen LogP contribution in [0.3, 0.4) is 0 Å². The lowest BCUT2D eigenvalue weighted by atomic mass is 9.88. The van der Waals surface area contributed by atoms with Gasteiger partial charge in [0, 0.05) is 20.1 Å². The Morgan fingerprint density at radius 2 is 1.55 bits per heavy atom. The summed E-state index contributed by atoms with van der Waals surface area (Å²) < 4.78 is 11.1. The average molecular weight is 286 g/mol. The molecule has 0 aliphatic carbocycles. The lowest BCUT2D eigenvalue weighted by Crippen LogP contribution is -2.27. The summed E-state index contributed by atoms with van der Waals surface area (Å²) in [6, 6.07) is 0. The topological polar surface area (TPSA) is 18.5 Å². The molecule has 0 saturated heterocycles. The summed E-state index contributed by atoms with van der Waals surface area (Å²) in [6.45, 7) is 10.1. The minimum absolute atomic E-state index is 0.364. The largest absolute Gasteiger partial charge is 0.384 e. The lowest BCUT2D eigenvalue weighted by molar-refractivity contribution is 0.00339. The molecule has 0 bridgehead atoms. The average Bonchev–Trinajstić information content (AvgIpc) is 2.40. The van der Waals surface area contributed by atoms with Gasteiger partial charge in [0.05, 0.1) is 12.7 Å². The van der Waals surface area contributed by atoms with Gasteiger partial charge in [-0.3, -0.25) is 0 Å². The zero-order valence-corrected chi connectivity index (χ0v) is 14.8. The molecule has 0 radical (unpaired) electrons. The van der Waals surface area contributed by atoms with Crippen LogP contribution in [0.25, 0.3) is 0 Å². The van der Waals surface area contributed by atoms with Crippen LogP contribution < -0.4 is 0 Å². The van der Waals surface area contributed by atoms with Gasteiger partial charge < -0.3 is 9.47 Å². The molecule has 122 valence electrons. The Kier molecular flexibility index (Phi) is 12.6. The van der Waals surface area contributed by atoms with E-state index in [1.807, 2.05) is 7.11 Å². The van der Waals surface area contributed by atoms with Gasteiger partial charge in [-0.25, -0.2) is 0 Å². The standard InChI is InChI=1S/C18H38O2/c1-7-9-18(20-6)17(14-19-5)13-12-16(4)11-8-10-15(2)3/h15-18H,7-14H2,1-6H3. The Labute approximate surface area is 127 Å². The number of hydrogen-bond acceptors (Lipinski definition) is 2. The van der Waals surface area contributed by atoms with Crippen LogP contribution in [0.15, 0.2) is 0 Å². The van der Waals surface area contributed by atoms with Gasteiger partial charge in [0.15, 0.2) is 0 Å². The molecular formula is C18H38O2. The van der Waals surface area contributed by atoms with E-state index in [9.17, 15) is 0 Å². The SMILES string of the molecule is CCCC(OC)C(CCC(C)CCCC(C)C)COC. The summed E-state index contributed by atoms with van der Waals surface area (Å²) in [4.78, 5) is 0. The fourth-order valence-electron chi connectivity index (χ4n) is 2.94. The molecule has 0 N–H and O–H groups in total. The molecule has 0 fully saturated rings. The van der Waals surface area contributed by atoms with Crippen LogP contribution in [0.5, 0.6) is 0 Å². The fourth-order valence-corrected chi connectivity index (χ4v) is 2.94. The van der Waals surface area contributed by atoms with Crippen molar-refractivity contribution in [2.75, 3.05) is 20.8 Å². The summed E-state index contributed by atoms with van der Waals surface area (Å²) in [6.07, 6.45) is 9.32. The van der Waals surface area contributed by atoms with E-state index in [0.29, 0.717) is 12.0 Å². The number of methoxy groups -OCH3 is 2. The monoisotopic (exact) mass is 286 g/mol. The quantitative estimate of drug-likeness (QED) is 0.457. The number of hydrogen-bond donors (Lipinski definition) is 0. The molecule has 2 heteroatoms. The molecule has 0 aliphatic rings. The van der Waals surface area contributed by atoms with Gasteiger partial charge in [0.2, 0.25) is 0 Å². The summed E-state index contributed by atoms with van der Waals surface area (Å²) in [7, 11) is 3.65. The molecule has 0 aromatic rings. The molecule has 3 atom stereocenters. The maximum atomic E-state index is 5.67. The van der Waals surface area contributed by atoms with Crippen molar-refractivity contribution in [3.05, 3.63) is 0 Å². The van der Waals surface area contributed by atoms with Crippen molar-refractivity contribution in [1.29, 1.82) is 0 Å². The van der Waals surface area contributed by atoms with Crippen LogP contribution in [0, 0.1) is 17.8 Å². The smallest absolute Gasteiger partial charge is 0.0621 e. The molecule has 2 nitrogen and oxygen atoms in total. The van der Waals surface area contributed by atoms with Gasteiger partial charge in [-0.05, 0) is 24.7 Å². The van der Waals surface area contributed by atoms with E-state index in [1.54, 1.807) is 7.11 Å². The second kappa shape index (κ2) is 12.6. The first-order chi connectivity index (χ1) is 9.54. The van der Waals surface area contributed by atoms with E-state index in [4.69, 9.17) is 9.47 Å². The molecule has 3 unspecified atom stereocenters. The molecule has 0 rings (SSSR count). The van der Waals surface area contributed by atoms with Crippen LogP contribution >= 0.6 is 0 Å². The highest BCUT2D eigenvalue weighted by atomic mass is 16.5. The molecule has 0 aromatic carbocycles. The normalized spacial score (nSPS) is 16.4. The van der Waals surface area contributed by atoms with Crippen molar-refractivity contribution in [2.45, 2.75) is 78.7 Å². The van der Waals surface area contributed by atoms with Crippen LogP contribution in [0.4, 0.5) is 0 Å². The van der Waals surface area contributed by atoms with E-state index in [-0.39, 0.29) is 0 Å². The first-order valence-electron chi connectivity index (χ1n) is 8.56. The van der Waals surface area contributed by atoms with Gasteiger partial charge in [0.25, 0.3) is 0 Å². The van der Waals surface area contributed by atoms with E-state index >= 15 is 0 Å². The van der Waals surface area contributed by atoms with E-state index in [1.165, 1.54) is 38.5 Å².